The molecule has 0 bridgehead atoms. The number of ether oxygens (including phenoxy) is 1. The fourth-order valence-corrected chi connectivity index (χ4v) is 1.12. The summed E-state index contributed by atoms with van der Waals surface area (Å²) in [5.41, 5.74) is 0. The average Bonchev–Trinajstić information content (AvgIpc) is 2.26. The molecule has 84 valence electrons. The van der Waals surface area contributed by atoms with Crippen LogP contribution in [0.1, 0.15) is 19.8 Å². The molecule has 1 heterocycles. The summed E-state index contributed by atoms with van der Waals surface area (Å²) in [7, 11) is 0. The molecule has 4 heteroatoms. The van der Waals surface area contributed by atoms with Crippen LogP contribution in [0.2, 0.25) is 0 Å². The monoisotopic (exact) mass is 212 g/mol. The Bertz CT molecular complexity index is 264. The molecular formula is C11H17FN2O. The fraction of sp³-hybridized carbons (Fsp3) is 0.545. The lowest BCUT2D eigenvalue weighted by atomic mass is 10.4. The highest BCUT2D eigenvalue weighted by molar-refractivity contribution is 5.33. The molecule has 0 aliphatic rings. The Balaban J connectivity index is 2.07. The van der Waals surface area contributed by atoms with Crippen LogP contribution >= 0.6 is 0 Å². The number of anilines is 1. The zero-order valence-electron chi connectivity index (χ0n) is 9.00. The Morgan fingerprint density at radius 2 is 2.27 bits per heavy atom. The van der Waals surface area contributed by atoms with Gasteiger partial charge in [-0.25, -0.2) is 9.37 Å². The molecule has 0 amide bonds. The van der Waals surface area contributed by atoms with Gasteiger partial charge in [-0.15, -0.1) is 0 Å². The maximum atomic E-state index is 12.5. The highest BCUT2D eigenvalue weighted by atomic mass is 19.1. The van der Waals surface area contributed by atoms with Crippen LogP contribution in [0.4, 0.5) is 10.2 Å². The first-order chi connectivity index (χ1) is 7.33. The second-order valence-electron chi connectivity index (χ2n) is 3.25. The molecule has 15 heavy (non-hydrogen) atoms. The van der Waals surface area contributed by atoms with E-state index < -0.39 is 0 Å². The van der Waals surface area contributed by atoms with E-state index in [-0.39, 0.29) is 5.82 Å². The minimum absolute atomic E-state index is 0.313. The molecule has 0 atom stereocenters. The number of rotatable bonds is 7. The number of nitrogens with one attached hydrogen (secondary N) is 1. The van der Waals surface area contributed by atoms with Crippen LogP contribution in [0, 0.1) is 5.82 Å². The molecule has 0 aromatic carbocycles. The lowest BCUT2D eigenvalue weighted by molar-refractivity contribution is 0.134. The van der Waals surface area contributed by atoms with Crippen LogP contribution in [-0.2, 0) is 4.74 Å². The van der Waals surface area contributed by atoms with Crippen molar-refractivity contribution in [2.75, 3.05) is 25.1 Å². The Kier molecular flexibility index (Phi) is 5.70. The normalized spacial score (nSPS) is 10.3. The molecule has 1 rings (SSSR count). The average molecular weight is 212 g/mol. The first kappa shape index (κ1) is 11.9. The Labute approximate surface area is 89.7 Å². The van der Waals surface area contributed by atoms with E-state index >= 15 is 0 Å². The first-order valence-corrected chi connectivity index (χ1v) is 5.26. The van der Waals surface area contributed by atoms with Gasteiger partial charge in [0.2, 0.25) is 0 Å². The summed E-state index contributed by atoms with van der Waals surface area (Å²) >= 11 is 0. The van der Waals surface area contributed by atoms with E-state index in [1.54, 1.807) is 6.07 Å². The number of nitrogens with zero attached hydrogens (tertiary/aromatic N) is 1. The quantitative estimate of drug-likeness (QED) is 0.705. The topological polar surface area (TPSA) is 34.1 Å². The molecule has 1 aromatic rings. The van der Waals surface area contributed by atoms with E-state index in [1.807, 2.05) is 0 Å². The second-order valence-corrected chi connectivity index (χ2v) is 3.25. The SMILES string of the molecule is CCCOCCCNc1ccc(F)cn1. The van der Waals surface area contributed by atoms with E-state index in [4.69, 9.17) is 4.74 Å². The summed E-state index contributed by atoms with van der Waals surface area (Å²) < 4.78 is 17.8. The van der Waals surface area contributed by atoms with Gasteiger partial charge >= 0.3 is 0 Å². The zero-order chi connectivity index (χ0) is 10.9. The molecular weight excluding hydrogens is 195 g/mol. The van der Waals surface area contributed by atoms with Gasteiger partial charge in [0.25, 0.3) is 0 Å². The molecule has 0 saturated carbocycles. The standard InChI is InChI=1S/C11H17FN2O/c1-2-7-15-8-3-6-13-11-5-4-10(12)9-14-11/h4-5,9H,2-3,6-8H2,1H3,(H,13,14). The molecule has 0 unspecified atom stereocenters. The van der Waals surface area contributed by atoms with Gasteiger partial charge in [-0.05, 0) is 25.0 Å². The van der Waals surface area contributed by atoms with Crippen molar-refractivity contribution in [2.45, 2.75) is 19.8 Å². The van der Waals surface area contributed by atoms with Gasteiger partial charge in [-0.2, -0.15) is 0 Å². The summed E-state index contributed by atoms with van der Waals surface area (Å²) in [6, 6.07) is 3.02. The second kappa shape index (κ2) is 7.17. The Hall–Kier alpha value is -1.16. The fourth-order valence-electron chi connectivity index (χ4n) is 1.12. The highest BCUT2D eigenvalue weighted by Crippen LogP contribution is 2.02. The molecule has 0 aliphatic carbocycles. The van der Waals surface area contributed by atoms with E-state index in [9.17, 15) is 4.39 Å². The van der Waals surface area contributed by atoms with E-state index in [2.05, 4.69) is 17.2 Å². The number of halogens is 1. The largest absolute Gasteiger partial charge is 0.381 e. The van der Waals surface area contributed by atoms with Crippen molar-refractivity contribution in [2.24, 2.45) is 0 Å². The minimum Gasteiger partial charge on any atom is -0.381 e. The van der Waals surface area contributed by atoms with Crippen LogP contribution in [-0.4, -0.2) is 24.7 Å². The molecule has 0 saturated heterocycles. The van der Waals surface area contributed by atoms with Gasteiger partial charge < -0.3 is 10.1 Å². The van der Waals surface area contributed by atoms with Crippen molar-refractivity contribution in [1.29, 1.82) is 0 Å². The molecule has 0 spiro atoms. The molecule has 1 aromatic heterocycles. The maximum absolute atomic E-state index is 12.5. The van der Waals surface area contributed by atoms with Crippen LogP contribution in [0.3, 0.4) is 0 Å². The van der Waals surface area contributed by atoms with Crippen molar-refractivity contribution in [3.8, 4) is 0 Å². The number of aromatic nitrogens is 1. The highest BCUT2D eigenvalue weighted by Gasteiger charge is 1.94. The van der Waals surface area contributed by atoms with Crippen LogP contribution < -0.4 is 5.32 Å². The molecule has 0 aliphatic heterocycles. The van der Waals surface area contributed by atoms with Crippen LogP contribution in [0.5, 0.6) is 0 Å². The summed E-state index contributed by atoms with van der Waals surface area (Å²) in [4.78, 5) is 3.89. The number of hydrogen-bond donors (Lipinski definition) is 1. The van der Waals surface area contributed by atoms with Crippen molar-refractivity contribution in [3.05, 3.63) is 24.1 Å². The van der Waals surface area contributed by atoms with Crippen molar-refractivity contribution in [1.82, 2.24) is 4.98 Å². The summed E-state index contributed by atoms with van der Waals surface area (Å²) in [5.74, 6) is 0.388. The maximum Gasteiger partial charge on any atom is 0.141 e. The number of pyridine rings is 1. The van der Waals surface area contributed by atoms with Gasteiger partial charge in [0.1, 0.15) is 11.6 Å². The molecule has 0 fully saturated rings. The van der Waals surface area contributed by atoms with E-state index in [0.717, 1.165) is 32.6 Å². The predicted molar refractivity (Wildman–Crippen MR) is 58.4 cm³/mol. The molecule has 3 nitrogen and oxygen atoms in total. The van der Waals surface area contributed by atoms with E-state index in [0.29, 0.717) is 5.82 Å². The van der Waals surface area contributed by atoms with Gasteiger partial charge in [-0.1, -0.05) is 6.92 Å². The van der Waals surface area contributed by atoms with Gasteiger partial charge in [-0.3, -0.25) is 0 Å². The van der Waals surface area contributed by atoms with Crippen LogP contribution in [0.15, 0.2) is 18.3 Å². The molecule has 0 radical (unpaired) electrons. The third-order valence-electron chi connectivity index (χ3n) is 1.85. The third kappa shape index (κ3) is 5.32. The number of hydrogen-bond acceptors (Lipinski definition) is 3. The lowest BCUT2D eigenvalue weighted by Crippen LogP contribution is -2.07. The zero-order valence-corrected chi connectivity index (χ0v) is 9.00. The van der Waals surface area contributed by atoms with Crippen molar-refractivity contribution < 1.29 is 9.13 Å². The molecule has 1 N–H and O–H groups in total. The predicted octanol–water partition coefficient (Wildman–Crippen LogP) is 2.45. The van der Waals surface area contributed by atoms with E-state index in [1.165, 1.54) is 12.3 Å². The smallest absolute Gasteiger partial charge is 0.141 e. The lowest BCUT2D eigenvalue weighted by Gasteiger charge is -2.05. The van der Waals surface area contributed by atoms with Crippen LogP contribution in [0.25, 0.3) is 0 Å². The van der Waals surface area contributed by atoms with Gasteiger partial charge in [0, 0.05) is 19.8 Å². The third-order valence-corrected chi connectivity index (χ3v) is 1.85. The Morgan fingerprint density at radius 1 is 1.40 bits per heavy atom. The summed E-state index contributed by atoms with van der Waals surface area (Å²) in [6.07, 6.45) is 3.18. The summed E-state index contributed by atoms with van der Waals surface area (Å²) in [5, 5.41) is 3.09. The van der Waals surface area contributed by atoms with Gasteiger partial charge in [0.15, 0.2) is 0 Å². The van der Waals surface area contributed by atoms with Gasteiger partial charge in [0.05, 0.1) is 6.20 Å². The van der Waals surface area contributed by atoms with Crippen molar-refractivity contribution in [3.63, 3.8) is 0 Å². The Morgan fingerprint density at radius 3 is 2.93 bits per heavy atom. The van der Waals surface area contributed by atoms with Crippen molar-refractivity contribution >= 4 is 5.82 Å². The minimum atomic E-state index is -0.313. The first-order valence-electron chi connectivity index (χ1n) is 5.26. The summed E-state index contributed by atoms with van der Waals surface area (Å²) in [6.45, 7) is 4.44.